The number of allylic oxidation sites excluding steroid dienone is 2. The molecule has 2 atom stereocenters. The van der Waals surface area contributed by atoms with Gasteiger partial charge in [0.05, 0.1) is 12.8 Å². The lowest BCUT2D eigenvalue weighted by Crippen LogP contribution is -2.21. The van der Waals surface area contributed by atoms with Gasteiger partial charge in [-0.25, -0.2) is 10.8 Å². The van der Waals surface area contributed by atoms with E-state index in [1.54, 1.807) is 0 Å². The lowest BCUT2D eigenvalue weighted by atomic mass is 9.85. The van der Waals surface area contributed by atoms with Crippen LogP contribution in [0, 0.1) is 11.8 Å². The minimum Gasteiger partial charge on any atom is -0.476 e. The highest BCUT2D eigenvalue weighted by atomic mass is 35.5. The van der Waals surface area contributed by atoms with Crippen LogP contribution in [0.1, 0.15) is 19.8 Å². The Morgan fingerprint density at radius 3 is 3.00 bits per heavy atom. The van der Waals surface area contributed by atoms with Crippen LogP contribution in [-0.4, -0.2) is 16.6 Å². The van der Waals surface area contributed by atoms with Crippen molar-refractivity contribution in [2.75, 3.05) is 12.0 Å². The molecule has 2 unspecified atom stereocenters. The molecule has 1 heterocycles. The summed E-state index contributed by atoms with van der Waals surface area (Å²) in [5.41, 5.74) is 2.37. The van der Waals surface area contributed by atoms with Crippen LogP contribution in [0.2, 0.25) is 5.02 Å². The van der Waals surface area contributed by atoms with Gasteiger partial charge >= 0.3 is 0 Å². The number of hydrazine groups is 1. The molecule has 0 saturated heterocycles. The van der Waals surface area contributed by atoms with Gasteiger partial charge in [0, 0.05) is 0 Å². The number of nitrogens with one attached hydrogen (secondary N) is 1. The van der Waals surface area contributed by atoms with E-state index in [2.05, 4.69) is 34.5 Å². The van der Waals surface area contributed by atoms with E-state index in [-0.39, 0.29) is 0 Å². The summed E-state index contributed by atoms with van der Waals surface area (Å²) in [5, 5.41) is 0.396. The molecule has 6 heteroatoms. The Kier molecular flexibility index (Phi) is 4.38. The highest BCUT2D eigenvalue weighted by molar-refractivity contribution is 6.31. The Hall–Kier alpha value is -1.33. The summed E-state index contributed by atoms with van der Waals surface area (Å²) in [5.74, 6) is 7.03. The zero-order valence-electron chi connectivity index (χ0n) is 10.3. The van der Waals surface area contributed by atoms with E-state index in [0.717, 1.165) is 12.8 Å². The van der Waals surface area contributed by atoms with Gasteiger partial charge in [0.2, 0.25) is 11.8 Å². The van der Waals surface area contributed by atoms with Crippen LogP contribution in [0.3, 0.4) is 0 Å². The summed E-state index contributed by atoms with van der Waals surface area (Å²) in [6.45, 7) is 2.83. The second kappa shape index (κ2) is 6.02. The molecule has 0 saturated carbocycles. The molecule has 1 aliphatic rings. The lowest BCUT2D eigenvalue weighted by Gasteiger charge is -2.25. The maximum atomic E-state index is 5.97. The Balaban J connectivity index is 1.99. The molecule has 5 nitrogen and oxygen atoms in total. The summed E-state index contributed by atoms with van der Waals surface area (Å²) in [7, 11) is 0. The molecule has 98 valence electrons. The van der Waals surface area contributed by atoms with E-state index in [0.29, 0.717) is 35.3 Å². The molecule has 0 fully saturated rings. The number of hydrogen-bond acceptors (Lipinski definition) is 5. The predicted molar refractivity (Wildman–Crippen MR) is 71.4 cm³/mol. The molecule has 0 radical (unpaired) electrons. The van der Waals surface area contributed by atoms with Crippen molar-refractivity contribution in [1.82, 2.24) is 9.97 Å². The summed E-state index contributed by atoms with van der Waals surface area (Å²) in [6, 6.07) is 0. The van der Waals surface area contributed by atoms with Gasteiger partial charge in [-0.1, -0.05) is 30.7 Å². The van der Waals surface area contributed by atoms with Gasteiger partial charge in [-0.2, -0.15) is 4.98 Å². The van der Waals surface area contributed by atoms with Crippen molar-refractivity contribution in [1.29, 1.82) is 0 Å². The first kappa shape index (κ1) is 13.1. The van der Waals surface area contributed by atoms with Crippen molar-refractivity contribution in [2.24, 2.45) is 17.7 Å². The maximum absolute atomic E-state index is 5.97. The molecule has 3 N–H and O–H groups in total. The van der Waals surface area contributed by atoms with Crippen molar-refractivity contribution in [3.63, 3.8) is 0 Å². The Morgan fingerprint density at radius 2 is 2.28 bits per heavy atom. The summed E-state index contributed by atoms with van der Waals surface area (Å²) in [4.78, 5) is 7.98. The van der Waals surface area contributed by atoms with Crippen molar-refractivity contribution < 1.29 is 4.74 Å². The van der Waals surface area contributed by atoms with Gasteiger partial charge in [0.1, 0.15) is 5.02 Å². The topological polar surface area (TPSA) is 73.1 Å². The molecule has 1 aromatic rings. The summed E-state index contributed by atoms with van der Waals surface area (Å²) in [6.07, 6.45) is 8.02. The smallest absolute Gasteiger partial charge is 0.240 e. The minimum absolute atomic E-state index is 0.297. The molecular weight excluding hydrogens is 252 g/mol. The monoisotopic (exact) mass is 268 g/mol. The molecular formula is C12H17ClN4O. The molecule has 0 aromatic carbocycles. The van der Waals surface area contributed by atoms with E-state index < -0.39 is 0 Å². The molecule has 0 aliphatic heterocycles. The molecule has 1 aromatic heterocycles. The van der Waals surface area contributed by atoms with E-state index in [4.69, 9.17) is 22.2 Å². The Labute approximate surface area is 111 Å². The molecule has 1 aliphatic carbocycles. The van der Waals surface area contributed by atoms with Gasteiger partial charge in [0.15, 0.2) is 0 Å². The van der Waals surface area contributed by atoms with Gasteiger partial charge in [-0.3, -0.25) is 5.43 Å². The number of nitrogens with two attached hydrogens (primary N) is 1. The number of ether oxygens (including phenoxy) is 1. The van der Waals surface area contributed by atoms with Crippen LogP contribution < -0.4 is 16.0 Å². The number of hydrogen-bond donors (Lipinski definition) is 2. The van der Waals surface area contributed by atoms with Crippen LogP contribution in [0.15, 0.2) is 18.3 Å². The second-order valence-electron chi connectivity index (χ2n) is 4.48. The van der Waals surface area contributed by atoms with Crippen LogP contribution in [0.5, 0.6) is 5.88 Å². The van der Waals surface area contributed by atoms with Gasteiger partial charge < -0.3 is 4.74 Å². The van der Waals surface area contributed by atoms with Crippen molar-refractivity contribution >= 4 is 17.5 Å². The number of nitrogen functional groups attached to an aromatic ring is 1. The number of anilines is 1. The zero-order valence-corrected chi connectivity index (χ0v) is 11.0. The Bertz CT molecular complexity index is 438. The fourth-order valence-electron chi connectivity index (χ4n) is 1.95. The van der Waals surface area contributed by atoms with Gasteiger partial charge in [0.25, 0.3) is 0 Å². The normalized spacial score (nSPS) is 22.8. The number of halogens is 1. The van der Waals surface area contributed by atoms with E-state index in [1.807, 2.05) is 0 Å². The van der Waals surface area contributed by atoms with Crippen molar-refractivity contribution in [2.45, 2.75) is 19.8 Å². The van der Waals surface area contributed by atoms with E-state index >= 15 is 0 Å². The van der Waals surface area contributed by atoms with E-state index in [9.17, 15) is 0 Å². The number of aromatic nitrogens is 2. The highest BCUT2D eigenvalue weighted by Gasteiger charge is 2.19. The quantitative estimate of drug-likeness (QED) is 0.498. The van der Waals surface area contributed by atoms with Crippen LogP contribution in [0.4, 0.5) is 5.95 Å². The van der Waals surface area contributed by atoms with Crippen LogP contribution in [-0.2, 0) is 0 Å². The minimum atomic E-state index is 0.297. The van der Waals surface area contributed by atoms with Crippen LogP contribution >= 0.6 is 11.6 Å². The van der Waals surface area contributed by atoms with Gasteiger partial charge in [-0.05, 0) is 24.7 Å². The fraction of sp³-hybridized carbons (Fsp3) is 0.500. The maximum Gasteiger partial charge on any atom is 0.240 e. The second-order valence-corrected chi connectivity index (χ2v) is 4.89. The first-order chi connectivity index (χ1) is 8.70. The molecule has 2 rings (SSSR count). The molecule has 0 amide bonds. The van der Waals surface area contributed by atoms with Crippen molar-refractivity contribution in [3.05, 3.63) is 23.4 Å². The summed E-state index contributed by atoms with van der Waals surface area (Å²) >= 11 is 5.97. The average Bonchev–Trinajstić information content (AvgIpc) is 2.39. The number of nitrogens with zero attached hydrogens (tertiary/aromatic N) is 2. The SMILES string of the molecule is CC1CC=CCC1COc1nc(NN)ncc1Cl. The summed E-state index contributed by atoms with van der Waals surface area (Å²) < 4.78 is 5.68. The third-order valence-electron chi connectivity index (χ3n) is 3.19. The molecule has 18 heavy (non-hydrogen) atoms. The standard InChI is InChI=1S/C12H17ClN4O/c1-8-4-2-3-5-9(8)7-18-11-10(13)6-15-12(16-11)17-14/h2-3,6,8-9H,4-5,7,14H2,1H3,(H,15,16,17). The third kappa shape index (κ3) is 3.11. The first-order valence-electron chi connectivity index (χ1n) is 5.97. The predicted octanol–water partition coefficient (Wildman–Crippen LogP) is 2.40. The Morgan fingerprint density at radius 1 is 1.50 bits per heavy atom. The zero-order chi connectivity index (χ0) is 13.0. The average molecular weight is 269 g/mol. The molecule has 0 spiro atoms. The first-order valence-corrected chi connectivity index (χ1v) is 6.35. The van der Waals surface area contributed by atoms with Crippen LogP contribution in [0.25, 0.3) is 0 Å². The van der Waals surface area contributed by atoms with E-state index in [1.165, 1.54) is 6.20 Å². The third-order valence-corrected chi connectivity index (χ3v) is 3.45. The van der Waals surface area contributed by atoms with Crippen molar-refractivity contribution in [3.8, 4) is 5.88 Å². The fourth-order valence-corrected chi connectivity index (χ4v) is 2.09. The largest absolute Gasteiger partial charge is 0.476 e. The molecule has 0 bridgehead atoms. The van der Waals surface area contributed by atoms with Gasteiger partial charge in [-0.15, -0.1) is 0 Å². The number of rotatable bonds is 4. The lowest BCUT2D eigenvalue weighted by molar-refractivity contribution is 0.193. The highest BCUT2D eigenvalue weighted by Crippen LogP contribution is 2.27.